The summed E-state index contributed by atoms with van der Waals surface area (Å²) in [5.74, 6) is 4.87. The van der Waals surface area contributed by atoms with Crippen molar-refractivity contribution in [2.75, 3.05) is 24.5 Å². The van der Waals surface area contributed by atoms with Crippen LogP contribution in [0.5, 0.6) is 5.75 Å². The Hall–Kier alpha value is -2.24. The van der Waals surface area contributed by atoms with Gasteiger partial charge in [-0.2, -0.15) is 0 Å². The number of anilines is 2. The monoisotopic (exact) mass is 260 g/mol. The Morgan fingerprint density at radius 2 is 1.53 bits per heavy atom. The first-order chi connectivity index (χ1) is 9.17. The Morgan fingerprint density at radius 1 is 1.00 bits per heavy atom. The van der Waals surface area contributed by atoms with Gasteiger partial charge in [0.25, 0.3) is 0 Å². The van der Waals surface area contributed by atoms with Gasteiger partial charge < -0.3 is 5.11 Å². The fraction of sp³-hybridized carbons (Fsp3) is 0.143. The van der Waals surface area contributed by atoms with Crippen LogP contribution < -0.4 is 21.7 Å². The van der Waals surface area contributed by atoms with E-state index in [1.165, 1.54) is 0 Å². The molecule has 102 valence electrons. The van der Waals surface area contributed by atoms with Crippen LogP contribution in [0.2, 0.25) is 0 Å². The lowest BCUT2D eigenvalue weighted by Crippen LogP contribution is -2.24. The minimum Gasteiger partial charge on any atom is -0.508 e. The molecule has 5 heteroatoms. The number of hydrogen-bond acceptors (Lipinski definition) is 5. The topological polar surface area (TPSA) is 73.5 Å². The van der Waals surface area contributed by atoms with Crippen molar-refractivity contribution in [1.29, 1.82) is 0 Å². The van der Waals surface area contributed by atoms with Gasteiger partial charge in [0.15, 0.2) is 0 Å². The highest BCUT2D eigenvalue weighted by atomic mass is 16.3. The van der Waals surface area contributed by atoms with Crippen LogP contribution in [0, 0.1) is 0 Å². The highest BCUT2D eigenvalue weighted by molar-refractivity contribution is 5.55. The second kappa shape index (κ2) is 7.97. The van der Waals surface area contributed by atoms with Crippen LogP contribution in [0.15, 0.2) is 54.6 Å². The van der Waals surface area contributed by atoms with Crippen LogP contribution in [0.1, 0.15) is 0 Å². The summed E-state index contributed by atoms with van der Waals surface area (Å²) in [6.07, 6.45) is 0. The molecule has 0 bridgehead atoms. The summed E-state index contributed by atoms with van der Waals surface area (Å²) in [7, 11) is 3.60. The number of benzene rings is 2. The van der Waals surface area contributed by atoms with Crippen LogP contribution in [0.4, 0.5) is 11.4 Å². The van der Waals surface area contributed by atoms with Crippen molar-refractivity contribution < 1.29 is 5.11 Å². The summed E-state index contributed by atoms with van der Waals surface area (Å²) < 4.78 is 0. The molecule has 5 N–H and O–H groups in total. The first-order valence-electron chi connectivity index (χ1n) is 5.89. The minimum atomic E-state index is 0.271. The molecule has 0 aliphatic heterocycles. The van der Waals surface area contributed by atoms with Gasteiger partial charge in [0.2, 0.25) is 0 Å². The molecule has 19 heavy (non-hydrogen) atoms. The van der Waals surface area contributed by atoms with Gasteiger partial charge in [0, 0.05) is 7.05 Å². The lowest BCUT2D eigenvalue weighted by molar-refractivity contribution is 0.475. The summed E-state index contributed by atoms with van der Waals surface area (Å²) in [6.45, 7) is 0. The second-order valence-electron chi connectivity index (χ2n) is 3.84. The van der Waals surface area contributed by atoms with E-state index < -0.39 is 0 Å². The zero-order valence-corrected chi connectivity index (χ0v) is 11.2. The van der Waals surface area contributed by atoms with E-state index in [2.05, 4.69) is 16.7 Å². The van der Waals surface area contributed by atoms with E-state index in [4.69, 9.17) is 5.11 Å². The Morgan fingerprint density at radius 3 is 2.05 bits per heavy atom. The lowest BCUT2D eigenvalue weighted by Gasteiger charge is -2.21. The first-order valence-corrected chi connectivity index (χ1v) is 5.89. The molecule has 2 aromatic rings. The molecule has 0 heterocycles. The summed E-state index contributed by atoms with van der Waals surface area (Å²) in [5, 5.41) is 11.1. The van der Waals surface area contributed by atoms with Gasteiger partial charge in [-0.1, -0.05) is 18.2 Å². The summed E-state index contributed by atoms with van der Waals surface area (Å²) in [6, 6.07) is 17.0. The molecule has 2 rings (SSSR count). The molecule has 2 aromatic carbocycles. The molecular weight excluding hydrogens is 240 g/mol. The number of phenols is 1. The fourth-order valence-electron chi connectivity index (χ4n) is 1.45. The van der Waals surface area contributed by atoms with Gasteiger partial charge in [-0.3, -0.25) is 21.7 Å². The number of rotatable bonds is 3. The number of nitrogens with one attached hydrogen (secondary N) is 2. The number of aromatic hydroxyl groups is 1. The van der Waals surface area contributed by atoms with Crippen LogP contribution >= 0.6 is 0 Å². The Kier molecular flexibility index (Phi) is 6.21. The Labute approximate surface area is 113 Å². The van der Waals surface area contributed by atoms with Crippen molar-refractivity contribution in [2.24, 2.45) is 5.84 Å². The number of nitrogens with zero attached hydrogens (tertiary/aromatic N) is 1. The third-order valence-corrected chi connectivity index (χ3v) is 2.31. The van der Waals surface area contributed by atoms with Crippen molar-refractivity contribution in [1.82, 2.24) is 5.43 Å². The lowest BCUT2D eigenvalue weighted by atomic mass is 10.3. The molecule has 0 atom stereocenters. The van der Waals surface area contributed by atoms with Crippen molar-refractivity contribution in [3.63, 3.8) is 0 Å². The maximum absolute atomic E-state index is 9.17. The molecule has 0 fully saturated rings. The summed E-state index contributed by atoms with van der Waals surface area (Å²) >= 11 is 0. The zero-order chi connectivity index (χ0) is 14.1. The van der Waals surface area contributed by atoms with E-state index in [1.807, 2.05) is 54.5 Å². The number of nitrogens with two attached hydrogens (primary N) is 1. The van der Waals surface area contributed by atoms with Gasteiger partial charge in [-0.15, -0.1) is 0 Å². The number of para-hydroxylation sites is 1. The highest BCUT2D eigenvalue weighted by Crippen LogP contribution is 2.17. The Balaban J connectivity index is 0.000000550. The summed E-state index contributed by atoms with van der Waals surface area (Å²) in [5.41, 5.74) is 7.47. The van der Waals surface area contributed by atoms with Crippen molar-refractivity contribution >= 4 is 11.4 Å². The SMILES string of the molecule is CN(Nc1ccc(O)cc1)c1ccccc1.CNN. The zero-order valence-electron chi connectivity index (χ0n) is 11.2. The maximum Gasteiger partial charge on any atom is 0.115 e. The van der Waals surface area contributed by atoms with E-state index in [0.29, 0.717) is 0 Å². The van der Waals surface area contributed by atoms with Crippen molar-refractivity contribution in [3.05, 3.63) is 54.6 Å². The van der Waals surface area contributed by atoms with Crippen LogP contribution in [-0.2, 0) is 0 Å². The third-order valence-electron chi connectivity index (χ3n) is 2.31. The molecule has 0 unspecified atom stereocenters. The van der Waals surface area contributed by atoms with Gasteiger partial charge in [-0.25, -0.2) is 0 Å². The van der Waals surface area contributed by atoms with E-state index in [1.54, 1.807) is 19.2 Å². The standard InChI is InChI=1S/C13H14N2O.CH6N2/c1-15(12-5-3-2-4-6-12)14-11-7-9-13(16)10-8-11;1-3-2/h2-10,14,16H,1H3;3H,2H2,1H3. The largest absolute Gasteiger partial charge is 0.508 e. The van der Waals surface area contributed by atoms with Gasteiger partial charge in [-0.05, 0) is 43.4 Å². The van der Waals surface area contributed by atoms with Crippen LogP contribution in [0.3, 0.4) is 0 Å². The van der Waals surface area contributed by atoms with Crippen LogP contribution in [-0.4, -0.2) is 19.2 Å². The quantitative estimate of drug-likeness (QED) is 0.385. The smallest absolute Gasteiger partial charge is 0.115 e. The van der Waals surface area contributed by atoms with Crippen molar-refractivity contribution in [2.45, 2.75) is 0 Å². The Bertz CT molecular complexity index is 459. The molecular formula is C14H20N4O. The molecule has 0 amide bonds. The third kappa shape index (κ3) is 5.29. The first kappa shape index (κ1) is 14.8. The molecule has 0 saturated carbocycles. The number of hydrogen-bond donors (Lipinski definition) is 4. The average Bonchev–Trinajstić information content (AvgIpc) is 2.43. The predicted octanol–water partition coefficient (Wildman–Crippen LogP) is 1.93. The normalized spacial score (nSPS) is 9.21. The van der Waals surface area contributed by atoms with Crippen molar-refractivity contribution in [3.8, 4) is 5.75 Å². The second-order valence-corrected chi connectivity index (χ2v) is 3.84. The number of hydrazine groups is 2. The molecule has 5 nitrogen and oxygen atoms in total. The van der Waals surface area contributed by atoms with E-state index in [0.717, 1.165) is 11.4 Å². The molecule has 0 saturated heterocycles. The van der Waals surface area contributed by atoms with Gasteiger partial charge >= 0.3 is 0 Å². The van der Waals surface area contributed by atoms with E-state index in [9.17, 15) is 0 Å². The molecule has 0 spiro atoms. The fourth-order valence-corrected chi connectivity index (χ4v) is 1.45. The molecule has 0 aliphatic rings. The average molecular weight is 260 g/mol. The molecule has 0 aromatic heterocycles. The minimum absolute atomic E-state index is 0.271. The maximum atomic E-state index is 9.17. The van der Waals surface area contributed by atoms with E-state index in [-0.39, 0.29) is 5.75 Å². The molecule has 0 aliphatic carbocycles. The van der Waals surface area contributed by atoms with Crippen LogP contribution in [0.25, 0.3) is 0 Å². The van der Waals surface area contributed by atoms with Gasteiger partial charge in [0.05, 0.1) is 11.4 Å². The molecule has 0 radical (unpaired) electrons. The van der Waals surface area contributed by atoms with E-state index >= 15 is 0 Å². The highest BCUT2D eigenvalue weighted by Gasteiger charge is 1.99. The number of phenolic OH excluding ortho intramolecular Hbond substituents is 1. The van der Waals surface area contributed by atoms with Gasteiger partial charge in [0.1, 0.15) is 5.75 Å². The predicted molar refractivity (Wildman–Crippen MR) is 79.8 cm³/mol. The summed E-state index contributed by atoms with van der Waals surface area (Å²) in [4.78, 5) is 0.